The number of carbonyl (C=O) groups excluding carboxylic acids is 1. The van der Waals surface area contributed by atoms with Gasteiger partial charge in [-0.15, -0.1) is 11.3 Å². The largest absolute Gasteiger partial charge is 0.368 e. The number of hydrogen-bond acceptors (Lipinski definition) is 7. The molecular formula is C19H21FN6O3S. The molecule has 11 heteroatoms. The first-order chi connectivity index (χ1) is 14.4. The molecule has 0 saturated carbocycles. The van der Waals surface area contributed by atoms with E-state index >= 15 is 0 Å². The first kappa shape index (κ1) is 20.2. The Balaban J connectivity index is 1.43. The van der Waals surface area contributed by atoms with Crippen LogP contribution in [0, 0.1) is 5.82 Å². The van der Waals surface area contributed by atoms with E-state index in [0.717, 1.165) is 22.5 Å². The third-order valence-corrected chi connectivity index (χ3v) is 6.32. The minimum Gasteiger partial charge on any atom is -0.368 e. The van der Waals surface area contributed by atoms with Crippen molar-refractivity contribution in [3.63, 3.8) is 0 Å². The molecule has 0 aliphatic carbocycles. The van der Waals surface area contributed by atoms with Crippen molar-refractivity contribution in [2.45, 2.75) is 6.54 Å². The van der Waals surface area contributed by atoms with Crippen LogP contribution in [0.2, 0.25) is 0 Å². The number of halogens is 1. The molecule has 1 aliphatic heterocycles. The van der Waals surface area contributed by atoms with Crippen molar-refractivity contribution >= 4 is 33.1 Å². The van der Waals surface area contributed by atoms with Crippen molar-refractivity contribution < 1.29 is 9.18 Å². The van der Waals surface area contributed by atoms with Crippen LogP contribution in [0.15, 0.2) is 27.9 Å². The summed E-state index contributed by atoms with van der Waals surface area (Å²) < 4.78 is 15.8. The Morgan fingerprint density at radius 3 is 2.67 bits per heavy atom. The molecular weight excluding hydrogens is 411 g/mol. The van der Waals surface area contributed by atoms with Gasteiger partial charge in [-0.3, -0.25) is 19.1 Å². The van der Waals surface area contributed by atoms with Gasteiger partial charge in [-0.1, -0.05) is 0 Å². The second-order valence-corrected chi connectivity index (χ2v) is 8.25. The van der Waals surface area contributed by atoms with Crippen LogP contribution in [0.3, 0.4) is 0 Å². The van der Waals surface area contributed by atoms with Gasteiger partial charge < -0.3 is 15.2 Å². The quantitative estimate of drug-likeness (QED) is 0.623. The molecule has 0 aromatic carbocycles. The molecule has 1 saturated heterocycles. The van der Waals surface area contributed by atoms with Gasteiger partial charge in [-0.25, -0.2) is 14.2 Å². The van der Waals surface area contributed by atoms with Crippen molar-refractivity contribution in [1.29, 1.82) is 0 Å². The fourth-order valence-corrected chi connectivity index (χ4v) is 4.62. The van der Waals surface area contributed by atoms with E-state index in [1.54, 1.807) is 0 Å². The number of piperazine rings is 1. The summed E-state index contributed by atoms with van der Waals surface area (Å²) in [7, 11) is 2.89. The van der Waals surface area contributed by atoms with Gasteiger partial charge in [0.15, 0.2) is 11.5 Å². The van der Waals surface area contributed by atoms with Crippen molar-refractivity contribution in [2.75, 3.05) is 38.1 Å². The lowest BCUT2D eigenvalue weighted by Gasteiger charge is -2.35. The highest BCUT2D eigenvalue weighted by Gasteiger charge is 2.21. The van der Waals surface area contributed by atoms with E-state index in [1.807, 2.05) is 11.0 Å². The van der Waals surface area contributed by atoms with Crippen molar-refractivity contribution in [2.24, 2.45) is 7.05 Å². The lowest BCUT2D eigenvalue weighted by molar-refractivity contribution is 0.0953. The van der Waals surface area contributed by atoms with Crippen LogP contribution in [0.5, 0.6) is 0 Å². The molecule has 4 heterocycles. The summed E-state index contributed by atoms with van der Waals surface area (Å²) in [4.78, 5) is 47.5. The average molecular weight is 432 g/mol. The second kappa shape index (κ2) is 8.00. The zero-order chi connectivity index (χ0) is 21.4. The number of aromatic nitrogens is 3. The molecule has 158 valence electrons. The predicted octanol–water partition coefficient (Wildman–Crippen LogP) is 0.504. The minimum atomic E-state index is -0.643. The number of aromatic amines is 1. The molecule has 3 aromatic heterocycles. The minimum absolute atomic E-state index is 0.214. The van der Waals surface area contributed by atoms with Crippen LogP contribution in [0.4, 0.5) is 10.1 Å². The number of carbonyl (C=O) groups is 1. The molecule has 0 radical (unpaired) electrons. The van der Waals surface area contributed by atoms with Gasteiger partial charge in [0.05, 0.1) is 17.4 Å². The summed E-state index contributed by atoms with van der Waals surface area (Å²) in [6, 6.07) is 3.19. The summed E-state index contributed by atoms with van der Waals surface area (Å²) in [5.41, 5.74) is 0.286. The maximum atomic E-state index is 14.2. The zero-order valence-electron chi connectivity index (χ0n) is 16.6. The third kappa shape index (κ3) is 3.73. The van der Waals surface area contributed by atoms with E-state index in [1.165, 1.54) is 37.7 Å². The Kier molecular flexibility index (Phi) is 5.39. The van der Waals surface area contributed by atoms with Crippen LogP contribution in [0.1, 0.15) is 15.4 Å². The lowest BCUT2D eigenvalue weighted by Crippen LogP contribution is -2.46. The molecule has 1 amide bonds. The highest BCUT2D eigenvalue weighted by molar-refractivity contribution is 7.18. The van der Waals surface area contributed by atoms with Crippen molar-refractivity contribution in [1.82, 2.24) is 24.8 Å². The fourth-order valence-electron chi connectivity index (χ4n) is 3.49. The number of nitrogens with one attached hydrogen (secondary N) is 2. The van der Waals surface area contributed by atoms with E-state index in [9.17, 15) is 18.8 Å². The Labute approximate surface area is 174 Å². The standard InChI is InChI=1S/C19H21FN6O3S/c1-21-17(27)15-13(20)7-11(9-22-15)26-5-3-25(4-6-26)10-12-8-14-16(30-12)18(28)24(2)19(29)23-14/h7-9H,3-6,10H2,1-2H3,(H,21,27)(H,23,29). The van der Waals surface area contributed by atoms with Crippen LogP contribution in [-0.4, -0.2) is 58.6 Å². The summed E-state index contributed by atoms with van der Waals surface area (Å²) >= 11 is 1.39. The number of hydrogen-bond donors (Lipinski definition) is 2. The van der Waals surface area contributed by atoms with Crippen LogP contribution in [0.25, 0.3) is 10.2 Å². The number of fused-ring (bicyclic) bond motifs is 1. The van der Waals surface area contributed by atoms with Crippen LogP contribution < -0.4 is 21.5 Å². The Morgan fingerprint density at radius 1 is 1.27 bits per heavy atom. The predicted molar refractivity (Wildman–Crippen MR) is 113 cm³/mol. The molecule has 1 fully saturated rings. The van der Waals surface area contributed by atoms with E-state index < -0.39 is 17.4 Å². The second-order valence-electron chi connectivity index (χ2n) is 7.12. The van der Waals surface area contributed by atoms with E-state index in [-0.39, 0.29) is 11.3 Å². The molecule has 2 N–H and O–H groups in total. The smallest absolute Gasteiger partial charge is 0.328 e. The van der Waals surface area contributed by atoms with Gasteiger partial charge >= 0.3 is 5.69 Å². The first-order valence-electron chi connectivity index (χ1n) is 9.44. The van der Waals surface area contributed by atoms with Gasteiger partial charge in [0.2, 0.25) is 0 Å². The SMILES string of the molecule is CNC(=O)c1ncc(N2CCN(Cc3cc4[nH]c(=O)n(C)c(=O)c4s3)CC2)cc1F. The number of anilines is 1. The number of thiophene rings is 1. The highest BCUT2D eigenvalue weighted by atomic mass is 32.1. The van der Waals surface area contributed by atoms with Gasteiger partial charge in [0.1, 0.15) is 4.70 Å². The van der Waals surface area contributed by atoms with Crippen LogP contribution in [-0.2, 0) is 13.6 Å². The number of H-pyrrole nitrogens is 1. The number of rotatable bonds is 4. The summed E-state index contributed by atoms with van der Waals surface area (Å²) in [5, 5.41) is 2.37. The molecule has 0 bridgehead atoms. The number of pyridine rings is 1. The number of amides is 1. The molecule has 0 atom stereocenters. The average Bonchev–Trinajstić information content (AvgIpc) is 3.14. The Morgan fingerprint density at radius 2 is 2.00 bits per heavy atom. The first-order valence-corrected chi connectivity index (χ1v) is 10.3. The maximum absolute atomic E-state index is 14.2. The molecule has 4 rings (SSSR count). The molecule has 30 heavy (non-hydrogen) atoms. The monoisotopic (exact) mass is 432 g/mol. The third-order valence-electron chi connectivity index (χ3n) is 5.21. The molecule has 9 nitrogen and oxygen atoms in total. The zero-order valence-corrected chi connectivity index (χ0v) is 17.4. The molecule has 0 spiro atoms. The lowest BCUT2D eigenvalue weighted by atomic mass is 10.2. The van der Waals surface area contributed by atoms with Gasteiger partial charge in [0, 0.05) is 57.8 Å². The maximum Gasteiger partial charge on any atom is 0.328 e. The molecule has 1 aliphatic rings. The topological polar surface area (TPSA) is 103 Å². The van der Waals surface area contributed by atoms with Gasteiger partial charge in [-0.05, 0) is 6.07 Å². The Bertz CT molecular complexity index is 1230. The van der Waals surface area contributed by atoms with E-state index in [2.05, 4.69) is 20.2 Å². The van der Waals surface area contributed by atoms with Gasteiger partial charge in [-0.2, -0.15) is 0 Å². The fraction of sp³-hybridized carbons (Fsp3) is 0.368. The highest BCUT2D eigenvalue weighted by Crippen LogP contribution is 2.23. The van der Waals surface area contributed by atoms with Crippen molar-refractivity contribution in [3.05, 3.63) is 55.6 Å². The summed E-state index contributed by atoms with van der Waals surface area (Å²) in [6.45, 7) is 3.54. The van der Waals surface area contributed by atoms with E-state index in [0.29, 0.717) is 35.5 Å². The molecule has 3 aromatic rings. The summed E-state index contributed by atoms with van der Waals surface area (Å²) in [6.07, 6.45) is 1.52. The normalized spacial score (nSPS) is 15.0. The van der Waals surface area contributed by atoms with Crippen LogP contribution >= 0.6 is 11.3 Å². The van der Waals surface area contributed by atoms with Gasteiger partial charge in [0.25, 0.3) is 11.5 Å². The Hall–Kier alpha value is -3.05. The molecule has 0 unspecified atom stereocenters. The summed E-state index contributed by atoms with van der Waals surface area (Å²) in [5.74, 6) is -1.20. The van der Waals surface area contributed by atoms with E-state index in [4.69, 9.17) is 0 Å². The number of nitrogens with zero attached hydrogens (tertiary/aromatic N) is 4. The van der Waals surface area contributed by atoms with Crippen molar-refractivity contribution in [3.8, 4) is 0 Å².